The normalized spacial score (nSPS) is 23.9. The van der Waals surface area contributed by atoms with Crippen LogP contribution in [-0.2, 0) is 16.6 Å². The first-order valence-electron chi connectivity index (χ1n) is 6.42. The molecule has 0 aliphatic heterocycles. The Labute approximate surface area is 113 Å². The summed E-state index contributed by atoms with van der Waals surface area (Å²) in [5.41, 5.74) is 0. The van der Waals surface area contributed by atoms with E-state index in [1.54, 1.807) is 13.1 Å². The van der Waals surface area contributed by atoms with Crippen molar-refractivity contribution >= 4 is 10.0 Å². The van der Waals surface area contributed by atoms with E-state index >= 15 is 0 Å². The van der Waals surface area contributed by atoms with Crippen LogP contribution in [0.25, 0.3) is 0 Å². The zero-order valence-electron chi connectivity index (χ0n) is 10.9. The van der Waals surface area contributed by atoms with E-state index in [1.807, 2.05) is 0 Å². The minimum Gasteiger partial charge on any atom is -0.447 e. The summed E-state index contributed by atoms with van der Waals surface area (Å²) >= 11 is 0. The van der Waals surface area contributed by atoms with Gasteiger partial charge in [0.1, 0.15) is 5.76 Å². The molecule has 1 heterocycles. The van der Waals surface area contributed by atoms with Crippen LogP contribution in [0.1, 0.15) is 25.0 Å². The van der Waals surface area contributed by atoms with Crippen LogP contribution in [0.2, 0.25) is 0 Å². The van der Waals surface area contributed by atoms with Gasteiger partial charge in [-0.3, -0.25) is 0 Å². The van der Waals surface area contributed by atoms with Gasteiger partial charge >= 0.3 is 0 Å². The van der Waals surface area contributed by atoms with Crippen LogP contribution in [-0.4, -0.2) is 33.2 Å². The molecule has 0 bridgehead atoms. The standard InChI is InChI=1S/C12H20N2O4S/c1-13-8-11-4-5-12(18-11)19(16,17)14-7-9-2-3-10(15)6-9/h4-5,9-10,13-15H,2-3,6-8H2,1H3. The predicted molar refractivity (Wildman–Crippen MR) is 70.0 cm³/mol. The maximum Gasteiger partial charge on any atom is 0.273 e. The highest BCUT2D eigenvalue weighted by molar-refractivity contribution is 7.89. The molecule has 6 nitrogen and oxygen atoms in total. The highest BCUT2D eigenvalue weighted by atomic mass is 32.2. The first-order chi connectivity index (χ1) is 9.01. The molecule has 1 fully saturated rings. The summed E-state index contributed by atoms with van der Waals surface area (Å²) < 4.78 is 31.8. The first kappa shape index (κ1) is 14.5. The van der Waals surface area contributed by atoms with Gasteiger partial charge in [-0.05, 0) is 44.4 Å². The number of sulfonamides is 1. The Bertz CT molecular complexity index is 512. The van der Waals surface area contributed by atoms with Crippen LogP contribution in [0.15, 0.2) is 21.6 Å². The van der Waals surface area contributed by atoms with E-state index in [9.17, 15) is 13.5 Å². The van der Waals surface area contributed by atoms with Gasteiger partial charge in [0.2, 0.25) is 5.09 Å². The summed E-state index contributed by atoms with van der Waals surface area (Å²) in [4.78, 5) is 0. The Morgan fingerprint density at radius 1 is 1.42 bits per heavy atom. The average molecular weight is 288 g/mol. The van der Waals surface area contributed by atoms with Crippen molar-refractivity contribution in [2.24, 2.45) is 5.92 Å². The third-order valence-corrected chi connectivity index (χ3v) is 4.62. The molecule has 1 aromatic rings. The third-order valence-electron chi connectivity index (χ3n) is 3.33. The quantitative estimate of drug-likeness (QED) is 0.706. The molecule has 0 radical (unpaired) electrons. The number of aliphatic hydroxyl groups excluding tert-OH is 1. The minimum absolute atomic E-state index is 0.0590. The van der Waals surface area contributed by atoms with Gasteiger partial charge in [-0.2, -0.15) is 0 Å². The van der Waals surface area contributed by atoms with Crippen LogP contribution in [0, 0.1) is 5.92 Å². The molecule has 7 heteroatoms. The van der Waals surface area contributed by atoms with E-state index in [-0.39, 0.29) is 17.1 Å². The summed E-state index contributed by atoms with van der Waals surface area (Å²) in [6, 6.07) is 3.10. The van der Waals surface area contributed by atoms with Crippen molar-refractivity contribution in [3.8, 4) is 0 Å². The molecule has 1 aromatic heterocycles. The van der Waals surface area contributed by atoms with Gasteiger partial charge in [-0.1, -0.05) is 0 Å². The Kier molecular flexibility index (Phi) is 4.62. The number of aliphatic hydroxyl groups is 1. The van der Waals surface area contributed by atoms with E-state index < -0.39 is 10.0 Å². The lowest BCUT2D eigenvalue weighted by atomic mass is 10.1. The monoisotopic (exact) mass is 288 g/mol. The fourth-order valence-corrected chi connectivity index (χ4v) is 3.37. The second kappa shape index (κ2) is 6.04. The maximum absolute atomic E-state index is 12.0. The van der Waals surface area contributed by atoms with Crippen LogP contribution >= 0.6 is 0 Å². The fraction of sp³-hybridized carbons (Fsp3) is 0.667. The highest BCUT2D eigenvalue weighted by Gasteiger charge is 2.25. The van der Waals surface area contributed by atoms with Crippen LogP contribution in [0.5, 0.6) is 0 Å². The summed E-state index contributed by atoms with van der Waals surface area (Å²) in [5.74, 6) is 0.788. The molecule has 108 valence electrons. The van der Waals surface area contributed by atoms with Gasteiger partial charge in [0.15, 0.2) is 0 Å². The molecule has 19 heavy (non-hydrogen) atoms. The highest BCUT2D eigenvalue weighted by Crippen LogP contribution is 2.25. The molecule has 0 spiro atoms. The van der Waals surface area contributed by atoms with Gasteiger partial charge in [-0.25, -0.2) is 13.1 Å². The Hall–Kier alpha value is -0.890. The van der Waals surface area contributed by atoms with Gasteiger partial charge in [0.05, 0.1) is 12.6 Å². The third kappa shape index (κ3) is 3.79. The SMILES string of the molecule is CNCc1ccc(S(=O)(=O)NCC2CCC(O)C2)o1. The lowest BCUT2D eigenvalue weighted by molar-refractivity contribution is 0.178. The van der Waals surface area contributed by atoms with E-state index in [0.29, 0.717) is 25.3 Å². The van der Waals surface area contributed by atoms with E-state index in [4.69, 9.17) is 4.42 Å². The van der Waals surface area contributed by atoms with Crippen LogP contribution in [0.3, 0.4) is 0 Å². The summed E-state index contributed by atoms with van der Waals surface area (Å²) in [6.45, 7) is 0.839. The molecule has 0 aromatic carbocycles. The first-order valence-corrected chi connectivity index (χ1v) is 7.90. The number of hydrogen-bond donors (Lipinski definition) is 3. The lowest BCUT2D eigenvalue weighted by Crippen LogP contribution is -2.28. The van der Waals surface area contributed by atoms with Crippen LogP contribution < -0.4 is 10.0 Å². The molecule has 2 rings (SSSR count). The molecule has 3 N–H and O–H groups in total. The summed E-state index contributed by atoms with van der Waals surface area (Å²) in [6.07, 6.45) is 1.97. The fourth-order valence-electron chi connectivity index (χ4n) is 2.30. The zero-order chi connectivity index (χ0) is 13.9. The Balaban J connectivity index is 1.93. The van der Waals surface area contributed by atoms with E-state index in [0.717, 1.165) is 12.8 Å². The second-order valence-corrected chi connectivity index (χ2v) is 6.63. The maximum atomic E-state index is 12.0. The molecule has 1 aliphatic rings. The van der Waals surface area contributed by atoms with Crippen molar-refractivity contribution in [1.82, 2.24) is 10.0 Å². The largest absolute Gasteiger partial charge is 0.447 e. The van der Waals surface area contributed by atoms with E-state index in [1.165, 1.54) is 6.07 Å². The van der Waals surface area contributed by atoms with Crippen molar-refractivity contribution in [1.29, 1.82) is 0 Å². The lowest BCUT2D eigenvalue weighted by Gasteiger charge is -2.10. The van der Waals surface area contributed by atoms with Crippen molar-refractivity contribution in [3.05, 3.63) is 17.9 Å². The van der Waals surface area contributed by atoms with Crippen molar-refractivity contribution in [2.45, 2.75) is 37.0 Å². The second-order valence-electron chi connectivity index (χ2n) is 4.94. The Morgan fingerprint density at radius 2 is 2.21 bits per heavy atom. The molecular weight excluding hydrogens is 268 g/mol. The zero-order valence-corrected chi connectivity index (χ0v) is 11.7. The van der Waals surface area contributed by atoms with Crippen molar-refractivity contribution in [2.75, 3.05) is 13.6 Å². The predicted octanol–water partition coefficient (Wildman–Crippen LogP) is 0.438. The minimum atomic E-state index is -3.59. The molecule has 0 amide bonds. The molecule has 1 saturated carbocycles. The summed E-state index contributed by atoms with van der Waals surface area (Å²) in [5, 5.41) is 12.2. The number of nitrogens with one attached hydrogen (secondary N) is 2. The smallest absolute Gasteiger partial charge is 0.273 e. The summed E-state index contributed by atoms with van der Waals surface area (Å²) in [7, 11) is -1.82. The molecule has 0 saturated heterocycles. The molecule has 2 unspecified atom stereocenters. The molecular formula is C12H20N2O4S. The van der Waals surface area contributed by atoms with Gasteiger partial charge in [-0.15, -0.1) is 0 Å². The van der Waals surface area contributed by atoms with Gasteiger partial charge < -0.3 is 14.8 Å². The number of furan rings is 1. The topological polar surface area (TPSA) is 91.6 Å². The van der Waals surface area contributed by atoms with Crippen molar-refractivity contribution in [3.63, 3.8) is 0 Å². The average Bonchev–Trinajstić information content (AvgIpc) is 2.97. The van der Waals surface area contributed by atoms with Gasteiger partial charge in [0, 0.05) is 6.54 Å². The Morgan fingerprint density at radius 3 is 2.84 bits per heavy atom. The molecule has 2 atom stereocenters. The van der Waals surface area contributed by atoms with Crippen molar-refractivity contribution < 1.29 is 17.9 Å². The van der Waals surface area contributed by atoms with E-state index in [2.05, 4.69) is 10.0 Å². The number of rotatable bonds is 6. The molecule has 1 aliphatic carbocycles. The van der Waals surface area contributed by atoms with Crippen LogP contribution in [0.4, 0.5) is 0 Å². The number of hydrogen-bond acceptors (Lipinski definition) is 5. The van der Waals surface area contributed by atoms with Gasteiger partial charge in [0.25, 0.3) is 10.0 Å².